The Morgan fingerprint density at radius 1 is 1.12 bits per heavy atom. The predicted octanol–water partition coefficient (Wildman–Crippen LogP) is 3.70. The molecule has 0 radical (unpaired) electrons. The van der Waals surface area contributed by atoms with Crippen molar-refractivity contribution in [3.8, 4) is 0 Å². The van der Waals surface area contributed by atoms with Crippen LogP contribution in [0.2, 0.25) is 0 Å². The van der Waals surface area contributed by atoms with Gasteiger partial charge in [0.2, 0.25) is 0 Å². The average molecular weight is 329 g/mol. The van der Waals surface area contributed by atoms with E-state index in [1.165, 1.54) is 7.05 Å². The molecule has 5 nitrogen and oxygen atoms in total. The zero-order chi connectivity index (χ0) is 17.9. The van der Waals surface area contributed by atoms with Crippen LogP contribution < -0.4 is 0 Å². The van der Waals surface area contributed by atoms with Gasteiger partial charge in [-0.3, -0.25) is 4.90 Å². The van der Waals surface area contributed by atoms with E-state index in [1.807, 2.05) is 42.5 Å². The number of rotatable bonds is 4. The molecule has 0 fully saturated rings. The number of aliphatic carboxylic acids is 1. The normalized spacial score (nSPS) is 12.7. The molecule has 0 heterocycles. The van der Waals surface area contributed by atoms with Crippen molar-refractivity contribution in [3.05, 3.63) is 48.0 Å². The number of nitrogens with zero attached hydrogens (tertiary/aromatic N) is 1. The van der Waals surface area contributed by atoms with Gasteiger partial charge in [-0.1, -0.05) is 42.5 Å². The summed E-state index contributed by atoms with van der Waals surface area (Å²) in [4.78, 5) is 24.9. The summed E-state index contributed by atoms with van der Waals surface area (Å²) < 4.78 is 5.26. The van der Waals surface area contributed by atoms with Crippen molar-refractivity contribution in [1.82, 2.24) is 4.90 Å². The highest BCUT2D eigenvalue weighted by atomic mass is 16.6. The van der Waals surface area contributed by atoms with Gasteiger partial charge in [-0.2, -0.15) is 0 Å². The lowest BCUT2D eigenvalue weighted by Crippen LogP contribution is -2.46. The van der Waals surface area contributed by atoms with Gasteiger partial charge in [0.05, 0.1) is 0 Å². The van der Waals surface area contributed by atoms with Gasteiger partial charge in [0, 0.05) is 13.5 Å². The van der Waals surface area contributed by atoms with E-state index in [9.17, 15) is 14.7 Å². The topological polar surface area (TPSA) is 66.8 Å². The molecule has 0 aliphatic heterocycles. The monoisotopic (exact) mass is 329 g/mol. The van der Waals surface area contributed by atoms with Crippen molar-refractivity contribution < 1.29 is 19.4 Å². The Bertz CT molecular complexity index is 748. The highest BCUT2D eigenvalue weighted by Gasteiger charge is 2.30. The van der Waals surface area contributed by atoms with E-state index >= 15 is 0 Å². The molecular weight excluding hydrogens is 306 g/mol. The van der Waals surface area contributed by atoms with Crippen LogP contribution in [-0.4, -0.2) is 40.8 Å². The van der Waals surface area contributed by atoms with Crippen molar-refractivity contribution in [3.63, 3.8) is 0 Å². The van der Waals surface area contributed by atoms with Crippen molar-refractivity contribution in [1.29, 1.82) is 0 Å². The van der Waals surface area contributed by atoms with Gasteiger partial charge in [-0.15, -0.1) is 0 Å². The first-order valence-electron chi connectivity index (χ1n) is 7.83. The third-order valence-electron chi connectivity index (χ3n) is 3.68. The molecule has 2 rings (SSSR count). The van der Waals surface area contributed by atoms with E-state index in [2.05, 4.69) is 0 Å². The van der Waals surface area contributed by atoms with E-state index in [1.54, 1.807) is 20.8 Å². The van der Waals surface area contributed by atoms with Crippen LogP contribution in [0.1, 0.15) is 26.3 Å². The maximum absolute atomic E-state index is 12.1. The summed E-state index contributed by atoms with van der Waals surface area (Å²) in [6.45, 7) is 5.24. The van der Waals surface area contributed by atoms with Crippen molar-refractivity contribution in [2.75, 3.05) is 7.05 Å². The Labute approximate surface area is 141 Å². The molecule has 0 aliphatic rings. The first kappa shape index (κ1) is 17.8. The van der Waals surface area contributed by atoms with Crippen LogP contribution >= 0.6 is 0 Å². The van der Waals surface area contributed by atoms with E-state index in [-0.39, 0.29) is 6.42 Å². The SMILES string of the molecule is CN(C(=O)OC(C)(C)C)[C@H](Cc1ccc2ccccc2c1)C(=O)O. The number of carbonyl (C=O) groups is 2. The van der Waals surface area contributed by atoms with Crippen LogP contribution in [0.4, 0.5) is 4.79 Å². The van der Waals surface area contributed by atoms with Crippen molar-refractivity contribution >= 4 is 22.8 Å². The minimum Gasteiger partial charge on any atom is -0.480 e. The molecule has 0 saturated heterocycles. The number of carbonyl (C=O) groups excluding carboxylic acids is 1. The number of fused-ring (bicyclic) bond motifs is 1. The molecule has 0 unspecified atom stereocenters. The Morgan fingerprint density at radius 2 is 1.75 bits per heavy atom. The zero-order valence-electron chi connectivity index (χ0n) is 14.4. The molecule has 0 saturated carbocycles. The molecule has 24 heavy (non-hydrogen) atoms. The van der Waals surface area contributed by atoms with E-state index in [0.29, 0.717) is 0 Å². The fourth-order valence-electron chi connectivity index (χ4n) is 2.44. The van der Waals surface area contributed by atoms with Gasteiger partial charge in [0.25, 0.3) is 0 Å². The van der Waals surface area contributed by atoms with Crippen LogP contribution in [0.3, 0.4) is 0 Å². The molecule has 1 amide bonds. The predicted molar refractivity (Wildman–Crippen MR) is 93.1 cm³/mol. The lowest BCUT2D eigenvalue weighted by molar-refractivity contribution is -0.142. The second-order valence-corrected chi connectivity index (χ2v) is 6.83. The Kier molecular flexibility index (Phi) is 5.12. The van der Waals surface area contributed by atoms with Gasteiger partial charge in [0.15, 0.2) is 0 Å². The molecule has 1 atom stereocenters. The highest BCUT2D eigenvalue weighted by molar-refractivity contribution is 5.84. The molecule has 2 aromatic carbocycles. The second kappa shape index (κ2) is 6.91. The lowest BCUT2D eigenvalue weighted by Gasteiger charge is -2.28. The van der Waals surface area contributed by atoms with Gasteiger partial charge in [-0.25, -0.2) is 9.59 Å². The van der Waals surface area contributed by atoms with Crippen LogP contribution in [0.15, 0.2) is 42.5 Å². The fourth-order valence-corrected chi connectivity index (χ4v) is 2.44. The van der Waals surface area contributed by atoms with Gasteiger partial charge in [0.1, 0.15) is 11.6 Å². The Balaban J connectivity index is 2.20. The Hall–Kier alpha value is -2.56. The molecule has 0 aliphatic carbocycles. The number of hydrogen-bond donors (Lipinski definition) is 1. The molecular formula is C19H23NO4. The number of hydrogen-bond acceptors (Lipinski definition) is 3. The number of carboxylic acid groups (broad SMARTS) is 1. The maximum atomic E-state index is 12.1. The summed E-state index contributed by atoms with van der Waals surface area (Å²) in [5, 5.41) is 11.6. The van der Waals surface area contributed by atoms with E-state index in [0.717, 1.165) is 21.2 Å². The molecule has 0 bridgehead atoms. The van der Waals surface area contributed by atoms with Crippen molar-refractivity contribution in [2.45, 2.75) is 38.8 Å². The fraction of sp³-hybridized carbons (Fsp3) is 0.368. The number of ether oxygens (including phenoxy) is 1. The van der Waals surface area contributed by atoms with Gasteiger partial charge >= 0.3 is 12.1 Å². The summed E-state index contributed by atoms with van der Waals surface area (Å²) in [5.41, 5.74) is 0.189. The summed E-state index contributed by atoms with van der Waals surface area (Å²) in [7, 11) is 1.45. The largest absolute Gasteiger partial charge is 0.480 e. The van der Waals surface area contributed by atoms with Gasteiger partial charge < -0.3 is 9.84 Å². The molecule has 0 aromatic heterocycles. The van der Waals surface area contributed by atoms with E-state index in [4.69, 9.17) is 4.74 Å². The molecule has 1 N–H and O–H groups in total. The first-order chi connectivity index (χ1) is 11.2. The van der Waals surface area contributed by atoms with Crippen molar-refractivity contribution in [2.24, 2.45) is 0 Å². The molecule has 5 heteroatoms. The zero-order valence-corrected chi connectivity index (χ0v) is 14.4. The number of amides is 1. The maximum Gasteiger partial charge on any atom is 0.410 e. The lowest BCUT2D eigenvalue weighted by atomic mass is 10.0. The van der Waals surface area contributed by atoms with Crippen LogP contribution in [-0.2, 0) is 16.0 Å². The average Bonchev–Trinajstić information content (AvgIpc) is 2.49. The number of carboxylic acids is 1. The summed E-state index contributed by atoms with van der Waals surface area (Å²) in [6.07, 6.45) is -0.425. The summed E-state index contributed by atoms with van der Waals surface area (Å²) in [6, 6.07) is 12.7. The molecule has 128 valence electrons. The van der Waals surface area contributed by atoms with Gasteiger partial charge in [-0.05, 0) is 37.1 Å². The smallest absolute Gasteiger partial charge is 0.410 e. The molecule has 2 aromatic rings. The third kappa shape index (κ3) is 4.47. The standard InChI is InChI=1S/C19H23NO4/c1-19(2,3)24-18(23)20(4)16(17(21)22)12-13-9-10-14-7-5-6-8-15(14)11-13/h5-11,16H,12H2,1-4H3,(H,21,22)/t16-/m1/s1. The second-order valence-electron chi connectivity index (χ2n) is 6.83. The minimum atomic E-state index is -1.06. The molecule has 0 spiro atoms. The minimum absolute atomic E-state index is 0.218. The Morgan fingerprint density at radius 3 is 2.33 bits per heavy atom. The highest BCUT2D eigenvalue weighted by Crippen LogP contribution is 2.19. The third-order valence-corrected chi connectivity index (χ3v) is 3.68. The number of benzene rings is 2. The summed E-state index contributed by atoms with van der Waals surface area (Å²) >= 11 is 0. The first-order valence-corrected chi connectivity index (χ1v) is 7.83. The summed E-state index contributed by atoms with van der Waals surface area (Å²) in [5.74, 6) is -1.06. The quantitative estimate of drug-likeness (QED) is 0.929. The van der Waals surface area contributed by atoms with Crippen LogP contribution in [0, 0.1) is 0 Å². The number of likely N-dealkylation sites (N-methyl/N-ethyl adjacent to an activating group) is 1. The van der Waals surface area contributed by atoms with Crippen LogP contribution in [0.25, 0.3) is 10.8 Å². The van der Waals surface area contributed by atoms with Crippen LogP contribution in [0.5, 0.6) is 0 Å². The van der Waals surface area contributed by atoms with E-state index < -0.39 is 23.7 Å².